The van der Waals surface area contributed by atoms with Crippen molar-refractivity contribution in [2.24, 2.45) is 0 Å². The van der Waals surface area contributed by atoms with E-state index in [2.05, 4.69) is 5.32 Å². The highest BCUT2D eigenvalue weighted by atomic mass is 19.3. The van der Waals surface area contributed by atoms with Gasteiger partial charge < -0.3 is 29.3 Å². The van der Waals surface area contributed by atoms with Gasteiger partial charge in [0.1, 0.15) is 11.4 Å². The Kier molecular flexibility index (Phi) is 7.17. The molecular formula is C29H35F2N3O5. The monoisotopic (exact) mass is 543 g/mol. The Morgan fingerprint density at radius 3 is 2.21 bits per heavy atom. The van der Waals surface area contributed by atoms with Gasteiger partial charge in [-0.15, -0.1) is 0 Å². The lowest BCUT2D eigenvalue weighted by molar-refractivity contribution is -0.194. The zero-order valence-electron chi connectivity index (χ0n) is 22.6. The molecule has 0 aromatic heterocycles. The second-order valence-corrected chi connectivity index (χ2v) is 11.4. The second kappa shape index (κ2) is 10.3. The Balaban J connectivity index is 1.26. The van der Waals surface area contributed by atoms with Crippen LogP contribution in [0.4, 0.5) is 24.1 Å². The Morgan fingerprint density at radius 2 is 1.56 bits per heavy atom. The standard InChI is InChI=1S/C29H35F2N3O5/c1-27(2,3)39-26(36)34-12-10-28(11-13-34)29(30,31)19-22-18-21(6-9-24(22)38-28)20-4-7-23(8-5-20)32-25(35)33-14-16-37-17-15-33/h4-9,18H,10-17,19H2,1-3H3,(H,32,35). The highest BCUT2D eigenvalue weighted by molar-refractivity contribution is 5.89. The molecule has 2 aromatic rings. The van der Waals surface area contributed by atoms with Crippen LogP contribution in [-0.2, 0) is 15.9 Å². The van der Waals surface area contributed by atoms with Crippen LogP contribution in [0.2, 0.25) is 0 Å². The van der Waals surface area contributed by atoms with Crippen LogP contribution in [0.1, 0.15) is 39.2 Å². The number of nitrogens with zero attached hydrogens (tertiary/aromatic N) is 2. The van der Waals surface area contributed by atoms with Crippen LogP contribution in [0.25, 0.3) is 11.1 Å². The minimum absolute atomic E-state index is 0.0259. The number of carbonyl (C=O) groups is 2. The van der Waals surface area contributed by atoms with Crippen molar-refractivity contribution in [3.05, 3.63) is 48.0 Å². The van der Waals surface area contributed by atoms with Crippen molar-refractivity contribution >= 4 is 17.8 Å². The maximum absolute atomic E-state index is 15.6. The summed E-state index contributed by atoms with van der Waals surface area (Å²) in [5, 5.41) is 2.88. The van der Waals surface area contributed by atoms with Crippen LogP contribution < -0.4 is 10.1 Å². The van der Waals surface area contributed by atoms with Gasteiger partial charge in [0.2, 0.25) is 0 Å². The number of morpholine rings is 1. The van der Waals surface area contributed by atoms with Crippen molar-refractivity contribution in [1.82, 2.24) is 9.80 Å². The Morgan fingerprint density at radius 1 is 0.923 bits per heavy atom. The van der Waals surface area contributed by atoms with E-state index in [4.69, 9.17) is 14.2 Å². The summed E-state index contributed by atoms with van der Waals surface area (Å²) >= 11 is 0. The number of hydrogen-bond donors (Lipinski definition) is 1. The molecule has 3 aliphatic heterocycles. The first-order chi connectivity index (χ1) is 18.4. The zero-order valence-corrected chi connectivity index (χ0v) is 22.6. The molecular weight excluding hydrogens is 508 g/mol. The van der Waals surface area contributed by atoms with Crippen molar-refractivity contribution < 1.29 is 32.6 Å². The molecule has 3 amide bonds. The minimum atomic E-state index is -3.09. The van der Waals surface area contributed by atoms with E-state index >= 15 is 8.78 Å². The van der Waals surface area contributed by atoms with Gasteiger partial charge in [-0.2, -0.15) is 0 Å². The van der Waals surface area contributed by atoms with Gasteiger partial charge in [0.05, 0.1) is 13.2 Å². The van der Waals surface area contributed by atoms with Gasteiger partial charge in [0.15, 0.2) is 5.60 Å². The SMILES string of the molecule is CC(C)(C)OC(=O)N1CCC2(CC1)Oc1ccc(-c3ccc(NC(=O)N4CCOCC4)cc3)cc1CC2(F)F. The summed E-state index contributed by atoms with van der Waals surface area (Å²) in [5.74, 6) is -2.64. The maximum Gasteiger partial charge on any atom is 0.410 e. The van der Waals surface area contributed by atoms with Crippen LogP contribution in [0.15, 0.2) is 42.5 Å². The number of hydrogen-bond acceptors (Lipinski definition) is 5. The molecule has 8 nitrogen and oxygen atoms in total. The average Bonchev–Trinajstić information content (AvgIpc) is 2.89. The van der Waals surface area contributed by atoms with E-state index in [1.807, 2.05) is 18.2 Å². The van der Waals surface area contributed by atoms with Gasteiger partial charge >= 0.3 is 12.1 Å². The highest BCUT2D eigenvalue weighted by Gasteiger charge is 2.59. The molecule has 1 N–H and O–H groups in total. The molecule has 2 saturated heterocycles. The van der Waals surface area contributed by atoms with Crippen LogP contribution in [0.3, 0.4) is 0 Å². The number of fused-ring (bicyclic) bond motifs is 1. The van der Waals surface area contributed by atoms with Crippen molar-refractivity contribution in [3.63, 3.8) is 0 Å². The van der Waals surface area contributed by atoms with E-state index in [-0.39, 0.29) is 32.0 Å². The summed E-state index contributed by atoms with van der Waals surface area (Å²) < 4.78 is 47.9. The van der Waals surface area contributed by atoms with E-state index in [9.17, 15) is 9.59 Å². The van der Waals surface area contributed by atoms with Gasteiger partial charge in [0.25, 0.3) is 5.92 Å². The van der Waals surface area contributed by atoms with Crippen LogP contribution in [-0.4, -0.2) is 78.4 Å². The minimum Gasteiger partial charge on any atom is -0.481 e. The van der Waals surface area contributed by atoms with Crippen LogP contribution in [0.5, 0.6) is 5.75 Å². The fourth-order valence-corrected chi connectivity index (χ4v) is 5.24. The molecule has 0 bridgehead atoms. The topological polar surface area (TPSA) is 80.3 Å². The summed E-state index contributed by atoms with van der Waals surface area (Å²) in [5.41, 5.74) is 0.433. The quantitative estimate of drug-likeness (QED) is 0.537. The number of anilines is 1. The molecule has 10 heteroatoms. The van der Waals surface area contributed by atoms with Gasteiger partial charge in [-0.05, 0) is 56.2 Å². The Hall–Kier alpha value is -3.40. The average molecular weight is 544 g/mol. The Bertz CT molecular complexity index is 1210. The fourth-order valence-electron chi connectivity index (χ4n) is 5.24. The lowest BCUT2D eigenvalue weighted by Gasteiger charge is -2.48. The third-order valence-electron chi connectivity index (χ3n) is 7.44. The van der Waals surface area contributed by atoms with Crippen LogP contribution in [0, 0.1) is 0 Å². The van der Waals surface area contributed by atoms with Gasteiger partial charge in [-0.25, -0.2) is 18.4 Å². The fraction of sp³-hybridized carbons (Fsp3) is 0.517. The van der Waals surface area contributed by atoms with Crippen molar-refractivity contribution in [2.75, 3.05) is 44.7 Å². The molecule has 0 unspecified atom stereocenters. The molecule has 0 aliphatic carbocycles. The second-order valence-electron chi connectivity index (χ2n) is 11.4. The summed E-state index contributed by atoms with van der Waals surface area (Å²) in [6.45, 7) is 7.78. The van der Waals surface area contributed by atoms with Crippen molar-refractivity contribution in [3.8, 4) is 16.9 Å². The number of piperidine rings is 1. The first-order valence-corrected chi connectivity index (χ1v) is 13.4. The normalized spacial score (nSPS) is 20.1. The van der Waals surface area contributed by atoms with E-state index in [1.165, 1.54) is 4.90 Å². The molecule has 2 aromatic carbocycles. The van der Waals surface area contributed by atoms with Gasteiger partial charge in [-0.1, -0.05) is 18.2 Å². The van der Waals surface area contributed by atoms with E-state index in [0.29, 0.717) is 43.3 Å². The molecule has 39 heavy (non-hydrogen) atoms. The number of halogens is 2. The number of rotatable bonds is 2. The van der Waals surface area contributed by atoms with Crippen LogP contribution >= 0.6 is 0 Å². The molecule has 3 aliphatic rings. The number of carbonyl (C=O) groups excluding carboxylic acids is 2. The smallest absolute Gasteiger partial charge is 0.410 e. The third-order valence-corrected chi connectivity index (χ3v) is 7.44. The number of nitrogens with one attached hydrogen (secondary N) is 1. The first kappa shape index (κ1) is 27.2. The van der Waals surface area contributed by atoms with Gasteiger partial charge in [-0.3, -0.25) is 0 Å². The number of amides is 3. The number of urea groups is 1. The number of ether oxygens (including phenoxy) is 3. The lowest BCUT2D eigenvalue weighted by Crippen LogP contribution is -2.62. The molecule has 1 spiro atoms. The highest BCUT2D eigenvalue weighted by Crippen LogP contribution is 2.49. The van der Waals surface area contributed by atoms with Crippen molar-refractivity contribution in [1.29, 1.82) is 0 Å². The number of alkyl halides is 2. The molecule has 3 heterocycles. The van der Waals surface area contributed by atoms with E-state index in [0.717, 1.165) is 11.1 Å². The zero-order chi connectivity index (χ0) is 27.8. The number of likely N-dealkylation sites (tertiary alicyclic amines) is 1. The summed E-state index contributed by atoms with van der Waals surface area (Å²) in [6, 6.07) is 12.5. The lowest BCUT2D eigenvalue weighted by atomic mass is 9.79. The predicted molar refractivity (Wildman–Crippen MR) is 142 cm³/mol. The van der Waals surface area contributed by atoms with E-state index < -0.39 is 29.6 Å². The summed E-state index contributed by atoms with van der Waals surface area (Å²) in [4.78, 5) is 28.0. The first-order valence-electron chi connectivity index (χ1n) is 13.4. The molecule has 0 saturated carbocycles. The molecule has 0 radical (unpaired) electrons. The van der Waals surface area contributed by atoms with E-state index in [1.54, 1.807) is 49.9 Å². The molecule has 0 atom stereocenters. The maximum atomic E-state index is 15.6. The summed E-state index contributed by atoms with van der Waals surface area (Å²) in [7, 11) is 0. The number of benzene rings is 2. The van der Waals surface area contributed by atoms with Gasteiger partial charge in [0, 0.05) is 56.7 Å². The molecule has 210 valence electrons. The van der Waals surface area contributed by atoms with Crippen molar-refractivity contribution in [2.45, 2.75) is 57.2 Å². The predicted octanol–water partition coefficient (Wildman–Crippen LogP) is 5.56. The third kappa shape index (κ3) is 5.80. The molecule has 2 fully saturated rings. The molecule has 5 rings (SSSR count). The Labute approximate surface area is 227 Å². The largest absolute Gasteiger partial charge is 0.481 e. The summed E-state index contributed by atoms with van der Waals surface area (Å²) in [6.07, 6.45) is -0.875.